The molecule has 0 aromatic heterocycles. The van der Waals surface area contributed by atoms with Crippen LogP contribution in [0.3, 0.4) is 0 Å². The van der Waals surface area contributed by atoms with Crippen molar-refractivity contribution in [3.63, 3.8) is 0 Å². The van der Waals surface area contributed by atoms with E-state index < -0.39 is 0 Å². The molecule has 0 aliphatic carbocycles. The summed E-state index contributed by atoms with van der Waals surface area (Å²) in [5.74, 6) is 0.431. The summed E-state index contributed by atoms with van der Waals surface area (Å²) in [6.45, 7) is 0.437. The van der Waals surface area contributed by atoms with Gasteiger partial charge in [-0.05, 0) is 48.9 Å². The molecule has 0 spiro atoms. The molecule has 1 atom stereocenters. The molecule has 4 heteroatoms. The lowest BCUT2D eigenvalue weighted by Crippen LogP contribution is -2.16. The summed E-state index contributed by atoms with van der Waals surface area (Å²) in [7, 11) is 1.59. The smallest absolute Gasteiger partial charge is 0.123 e. The third kappa shape index (κ3) is 3.58. The molecule has 2 aromatic carbocycles. The van der Waals surface area contributed by atoms with Gasteiger partial charge in [0.25, 0.3) is 0 Å². The summed E-state index contributed by atoms with van der Waals surface area (Å²) < 4.78 is 19.8. The van der Waals surface area contributed by atoms with Gasteiger partial charge in [0.2, 0.25) is 0 Å². The molecule has 106 valence electrons. The van der Waals surface area contributed by atoms with Crippen molar-refractivity contribution in [2.45, 2.75) is 12.3 Å². The van der Waals surface area contributed by atoms with E-state index in [1.54, 1.807) is 13.2 Å². The van der Waals surface area contributed by atoms with Crippen LogP contribution in [0.2, 0.25) is 0 Å². The Morgan fingerprint density at radius 3 is 2.70 bits per heavy atom. The third-order valence-electron chi connectivity index (χ3n) is 3.29. The summed E-state index contributed by atoms with van der Waals surface area (Å²) >= 11 is 3.45. The van der Waals surface area contributed by atoms with Gasteiger partial charge in [0.15, 0.2) is 0 Å². The highest BCUT2D eigenvalue weighted by Gasteiger charge is 2.16. The average Bonchev–Trinajstić information content (AvgIpc) is 2.45. The molecule has 20 heavy (non-hydrogen) atoms. The molecule has 0 amide bonds. The standard InChI is InChI=1S/C16H17BrFNO/c1-20-16-6-5-14(18)9-15(16)12(10-19)7-11-3-2-4-13(17)8-11/h2-6,8-9,12H,7,10,19H2,1H3. The number of methoxy groups -OCH3 is 1. The molecule has 0 radical (unpaired) electrons. The first kappa shape index (κ1) is 15.0. The maximum Gasteiger partial charge on any atom is 0.123 e. The fourth-order valence-corrected chi connectivity index (χ4v) is 2.74. The quantitative estimate of drug-likeness (QED) is 0.898. The lowest BCUT2D eigenvalue weighted by Gasteiger charge is -2.18. The lowest BCUT2D eigenvalue weighted by atomic mass is 9.91. The van der Waals surface area contributed by atoms with E-state index in [4.69, 9.17) is 10.5 Å². The molecule has 0 aliphatic heterocycles. The number of hydrogen-bond donors (Lipinski definition) is 1. The predicted octanol–water partition coefficient (Wildman–Crippen LogP) is 3.88. The Bertz CT molecular complexity index is 588. The second-order valence-electron chi connectivity index (χ2n) is 4.65. The van der Waals surface area contributed by atoms with Gasteiger partial charge in [-0.2, -0.15) is 0 Å². The molecule has 0 heterocycles. The van der Waals surface area contributed by atoms with Crippen LogP contribution in [0.1, 0.15) is 17.0 Å². The zero-order valence-corrected chi connectivity index (χ0v) is 12.9. The zero-order valence-electron chi connectivity index (χ0n) is 11.3. The van der Waals surface area contributed by atoms with Gasteiger partial charge < -0.3 is 10.5 Å². The monoisotopic (exact) mass is 337 g/mol. The minimum Gasteiger partial charge on any atom is -0.496 e. The number of nitrogens with two attached hydrogens (primary N) is 1. The third-order valence-corrected chi connectivity index (χ3v) is 3.78. The molecule has 2 nitrogen and oxygen atoms in total. The van der Waals surface area contributed by atoms with Crippen LogP contribution < -0.4 is 10.5 Å². The van der Waals surface area contributed by atoms with Crippen LogP contribution in [0.4, 0.5) is 4.39 Å². The Labute approximate surface area is 126 Å². The van der Waals surface area contributed by atoms with Crippen molar-refractivity contribution in [1.29, 1.82) is 0 Å². The molecule has 0 saturated heterocycles. The molecule has 1 unspecified atom stereocenters. The van der Waals surface area contributed by atoms with Crippen LogP contribution in [0.25, 0.3) is 0 Å². The summed E-state index contributed by atoms with van der Waals surface area (Å²) in [6.07, 6.45) is 0.746. The Hall–Kier alpha value is -1.39. The Kier molecular flexibility index (Phi) is 5.15. The second-order valence-corrected chi connectivity index (χ2v) is 5.57. The van der Waals surface area contributed by atoms with Gasteiger partial charge in [0.05, 0.1) is 7.11 Å². The first-order valence-corrected chi connectivity index (χ1v) is 7.21. The van der Waals surface area contributed by atoms with Crippen molar-refractivity contribution in [3.05, 3.63) is 63.9 Å². The minimum atomic E-state index is -0.270. The van der Waals surface area contributed by atoms with E-state index in [1.807, 2.05) is 18.2 Å². The number of ether oxygens (including phenoxy) is 1. The number of halogens is 2. The number of benzene rings is 2. The van der Waals surface area contributed by atoms with Gasteiger partial charge in [0, 0.05) is 16.0 Å². The molecule has 0 fully saturated rings. The highest BCUT2D eigenvalue weighted by atomic mass is 79.9. The second kappa shape index (κ2) is 6.86. The van der Waals surface area contributed by atoms with Gasteiger partial charge in [0.1, 0.15) is 11.6 Å². The Balaban J connectivity index is 2.30. The first-order valence-electron chi connectivity index (χ1n) is 6.42. The highest BCUT2D eigenvalue weighted by Crippen LogP contribution is 2.30. The van der Waals surface area contributed by atoms with E-state index in [2.05, 4.69) is 22.0 Å². The van der Waals surface area contributed by atoms with E-state index in [1.165, 1.54) is 12.1 Å². The van der Waals surface area contributed by atoms with E-state index in [0.717, 1.165) is 22.0 Å². The lowest BCUT2D eigenvalue weighted by molar-refractivity contribution is 0.403. The van der Waals surface area contributed by atoms with E-state index in [-0.39, 0.29) is 11.7 Å². The molecule has 2 N–H and O–H groups in total. The van der Waals surface area contributed by atoms with E-state index >= 15 is 0 Å². The van der Waals surface area contributed by atoms with Crippen LogP contribution in [0, 0.1) is 5.82 Å². The topological polar surface area (TPSA) is 35.2 Å². The van der Waals surface area contributed by atoms with Crippen molar-refractivity contribution in [1.82, 2.24) is 0 Å². The fourth-order valence-electron chi connectivity index (χ4n) is 2.29. The molecule has 0 aliphatic rings. The van der Waals surface area contributed by atoms with Gasteiger partial charge >= 0.3 is 0 Å². The van der Waals surface area contributed by atoms with Crippen LogP contribution in [-0.2, 0) is 6.42 Å². The molecular formula is C16H17BrFNO. The van der Waals surface area contributed by atoms with Crippen molar-refractivity contribution in [2.75, 3.05) is 13.7 Å². The van der Waals surface area contributed by atoms with Crippen molar-refractivity contribution in [3.8, 4) is 5.75 Å². The normalized spacial score (nSPS) is 12.2. The summed E-state index contributed by atoms with van der Waals surface area (Å²) in [4.78, 5) is 0. The summed E-state index contributed by atoms with van der Waals surface area (Å²) in [5, 5.41) is 0. The summed E-state index contributed by atoms with van der Waals surface area (Å²) in [6, 6.07) is 12.6. The number of hydrogen-bond acceptors (Lipinski definition) is 2. The van der Waals surface area contributed by atoms with Crippen LogP contribution >= 0.6 is 15.9 Å². The van der Waals surface area contributed by atoms with Crippen LogP contribution in [0.5, 0.6) is 5.75 Å². The van der Waals surface area contributed by atoms with Crippen LogP contribution in [0.15, 0.2) is 46.9 Å². The summed E-state index contributed by atoms with van der Waals surface area (Å²) in [5.41, 5.74) is 7.84. The zero-order chi connectivity index (χ0) is 14.5. The van der Waals surface area contributed by atoms with Gasteiger partial charge in [-0.15, -0.1) is 0 Å². The van der Waals surface area contributed by atoms with Crippen LogP contribution in [-0.4, -0.2) is 13.7 Å². The van der Waals surface area contributed by atoms with Crippen molar-refractivity contribution >= 4 is 15.9 Å². The van der Waals surface area contributed by atoms with Crippen molar-refractivity contribution < 1.29 is 9.13 Å². The average molecular weight is 338 g/mol. The Morgan fingerprint density at radius 1 is 1.25 bits per heavy atom. The Morgan fingerprint density at radius 2 is 2.05 bits per heavy atom. The molecule has 0 saturated carbocycles. The van der Waals surface area contributed by atoms with E-state index in [0.29, 0.717) is 12.3 Å². The largest absolute Gasteiger partial charge is 0.496 e. The molecular weight excluding hydrogens is 321 g/mol. The SMILES string of the molecule is COc1ccc(F)cc1C(CN)Cc1cccc(Br)c1. The van der Waals surface area contributed by atoms with Gasteiger partial charge in [-0.25, -0.2) is 4.39 Å². The van der Waals surface area contributed by atoms with Crippen molar-refractivity contribution in [2.24, 2.45) is 5.73 Å². The minimum absolute atomic E-state index is 0.0231. The molecule has 2 aromatic rings. The predicted molar refractivity (Wildman–Crippen MR) is 82.6 cm³/mol. The maximum atomic E-state index is 13.5. The molecule has 0 bridgehead atoms. The van der Waals surface area contributed by atoms with E-state index in [9.17, 15) is 4.39 Å². The fraction of sp³-hybridized carbons (Fsp3) is 0.250. The van der Waals surface area contributed by atoms with Gasteiger partial charge in [-0.1, -0.05) is 28.1 Å². The maximum absolute atomic E-state index is 13.5. The molecule has 2 rings (SSSR count). The number of rotatable bonds is 5. The first-order chi connectivity index (χ1) is 9.63. The highest BCUT2D eigenvalue weighted by molar-refractivity contribution is 9.10. The van der Waals surface area contributed by atoms with Gasteiger partial charge in [-0.3, -0.25) is 0 Å².